The molecule has 0 spiro atoms. The number of rotatable bonds is 3. The zero-order valence-electron chi connectivity index (χ0n) is 13.9. The van der Waals surface area contributed by atoms with E-state index in [1.807, 2.05) is 47.5 Å². The molecule has 1 aliphatic heterocycles. The lowest BCUT2D eigenvalue weighted by Crippen LogP contribution is -2.48. The van der Waals surface area contributed by atoms with Gasteiger partial charge in [0.2, 0.25) is 0 Å². The summed E-state index contributed by atoms with van der Waals surface area (Å²) in [4.78, 5) is 19.9. The van der Waals surface area contributed by atoms with Crippen LogP contribution in [0.4, 0.5) is 4.39 Å². The van der Waals surface area contributed by atoms with E-state index in [-0.39, 0.29) is 11.7 Å². The van der Waals surface area contributed by atoms with Gasteiger partial charge in [-0.15, -0.1) is 0 Å². The first-order valence-electron chi connectivity index (χ1n) is 8.53. The van der Waals surface area contributed by atoms with Crippen molar-refractivity contribution in [3.63, 3.8) is 0 Å². The number of nitrogens with zero attached hydrogens (tertiary/aromatic N) is 2. The first-order chi connectivity index (χ1) is 12.2. The fourth-order valence-electron chi connectivity index (χ4n) is 3.34. The van der Waals surface area contributed by atoms with E-state index in [1.54, 1.807) is 6.07 Å². The highest BCUT2D eigenvalue weighted by Crippen LogP contribution is 2.17. The van der Waals surface area contributed by atoms with Crippen LogP contribution in [0.5, 0.6) is 0 Å². The summed E-state index contributed by atoms with van der Waals surface area (Å²) in [5.41, 5.74) is 2.39. The van der Waals surface area contributed by atoms with Crippen LogP contribution in [0.2, 0.25) is 0 Å². The van der Waals surface area contributed by atoms with Gasteiger partial charge in [0.25, 0.3) is 5.91 Å². The summed E-state index contributed by atoms with van der Waals surface area (Å²) in [6, 6.07) is 14.6. The summed E-state index contributed by atoms with van der Waals surface area (Å²) in [5.74, 6) is -0.109. The van der Waals surface area contributed by atoms with Crippen LogP contribution in [0.15, 0.2) is 54.7 Å². The van der Waals surface area contributed by atoms with Crippen LogP contribution in [-0.2, 0) is 6.54 Å². The van der Waals surface area contributed by atoms with E-state index in [1.165, 1.54) is 6.07 Å². The van der Waals surface area contributed by atoms with Crippen LogP contribution in [-0.4, -0.2) is 46.9 Å². The lowest BCUT2D eigenvalue weighted by atomic mass is 10.1. The summed E-state index contributed by atoms with van der Waals surface area (Å²) in [7, 11) is 0. The largest absolute Gasteiger partial charge is 0.361 e. The van der Waals surface area contributed by atoms with Crippen LogP contribution in [0.25, 0.3) is 10.9 Å². The van der Waals surface area contributed by atoms with Crippen LogP contribution in [0.1, 0.15) is 15.9 Å². The molecule has 0 saturated carbocycles. The second kappa shape index (κ2) is 6.69. The average Bonchev–Trinajstić information content (AvgIpc) is 3.11. The van der Waals surface area contributed by atoms with Gasteiger partial charge >= 0.3 is 0 Å². The predicted octanol–water partition coefficient (Wildman–Crippen LogP) is 3.27. The minimum absolute atomic E-state index is 0.0574. The third-order valence-electron chi connectivity index (χ3n) is 4.81. The number of aromatic nitrogens is 1. The number of carbonyl (C=O) groups excluding carboxylic acids is 1. The third-order valence-corrected chi connectivity index (χ3v) is 4.81. The van der Waals surface area contributed by atoms with Gasteiger partial charge in [0.15, 0.2) is 0 Å². The van der Waals surface area contributed by atoms with Crippen LogP contribution < -0.4 is 0 Å². The minimum atomic E-state index is -0.166. The highest BCUT2D eigenvalue weighted by atomic mass is 19.1. The van der Waals surface area contributed by atoms with Gasteiger partial charge in [-0.2, -0.15) is 0 Å². The van der Waals surface area contributed by atoms with Crippen molar-refractivity contribution in [1.29, 1.82) is 0 Å². The van der Waals surface area contributed by atoms with Crippen molar-refractivity contribution >= 4 is 16.8 Å². The van der Waals surface area contributed by atoms with Gasteiger partial charge in [0.1, 0.15) is 5.82 Å². The number of benzene rings is 2. The number of H-pyrrole nitrogens is 1. The van der Waals surface area contributed by atoms with E-state index in [9.17, 15) is 9.18 Å². The number of carbonyl (C=O) groups is 1. The SMILES string of the molecule is O=C(c1ccc2cc[nH]c2c1)N1CCN(Cc2ccccc2F)CC1. The maximum absolute atomic E-state index is 13.8. The topological polar surface area (TPSA) is 39.3 Å². The number of piperazine rings is 1. The molecule has 4 rings (SSSR count). The van der Waals surface area contributed by atoms with Gasteiger partial charge in [-0.3, -0.25) is 9.69 Å². The highest BCUT2D eigenvalue weighted by Gasteiger charge is 2.22. The summed E-state index contributed by atoms with van der Waals surface area (Å²) in [5, 5.41) is 1.10. The molecule has 0 atom stereocenters. The Hall–Kier alpha value is -2.66. The van der Waals surface area contributed by atoms with Crippen molar-refractivity contribution in [3.8, 4) is 0 Å². The molecule has 1 aromatic heterocycles. The summed E-state index contributed by atoms with van der Waals surface area (Å²) in [6.45, 7) is 3.42. The molecule has 2 heterocycles. The van der Waals surface area contributed by atoms with Crippen molar-refractivity contribution in [1.82, 2.24) is 14.8 Å². The maximum atomic E-state index is 13.8. The second-order valence-corrected chi connectivity index (χ2v) is 6.44. The van der Waals surface area contributed by atoms with Crippen molar-refractivity contribution in [2.75, 3.05) is 26.2 Å². The van der Waals surface area contributed by atoms with Gasteiger partial charge in [-0.1, -0.05) is 24.3 Å². The standard InChI is InChI=1S/C20H20FN3O/c21-18-4-2-1-3-17(18)14-23-9-11-24(12-10-23)20(25)16-6-5-15-7-8-22-19(15)13-16/h1-8,13,22H,9-12,14H2. The number of hydrogen-bond donors (Lipinski definition) is 1. The lowest BCUT2D eigenvalue weighted by molar-refractivity contribution is 0.0627. The fourth-order valence-corrected chi connectivity index (χ4v) is 3.34. The van der Waals surface area contributed by atoms with Crippen LogP contribution >= 0.6 is 0 Å². The quantitative estimate of drug-likeness (QED) is 0.797. The molecule has 25 heavy (non-hydrogen) atoms. The Labute approximate surface area is 145 Å². The Balaban J connectivity index is 1.39. The molecule has 1 saturated heterocycles. The number of amides is 1. The van der Waals surface area contributed by atoms with Gasteiger partial charge < -0.3 is 9.88 Å². The molecule has 1 fully saturated rings. The molecular formula is C20H20FN3O. The Bertz CT molecular complexity index is 897. The van der Waals surface area contributed by atoms with Crippen molar-refractivity contribution in [2.45, 2.75) is 6.54 Å². The summed E-state index contributed by atoms with van der Waals surface area (Å²) >= 11 is 0. The molecular weight excluding hydrogens is 317 g/mol. The molecule has 4 nitrogen and oxygen atoms in total. The van der Waals surface area contributed by atoms with E-state index in [0.29, 0.717) is 30.8 Å². The Kier molecular flexibility index (Phi) is 4.24. The van der Waals surface area contributed by atoms with Crippen molar-refractivity contribution in [3.05, 3.63) is 71.7 Å². The second-order valence-electron chi connectivity index (χ2n) is 6.44. The molecule has 5 heteroatoms. The molecule has 1 N–H and O–H groups in total. The minimum Gasteiger partial charge on any atom is -0.361 e. The molecule has 0 bridgehead atoms. The average molecular weight is 337 g/mol. The van der Waals surface area contributed by atoms with Gasteiger partial charge in [-0.05, 0) is 29.7 Å². The monoisotopic (exact) mass is 337 g/mol. The van der Waals surface area contributed by atoms with Crippen molar-refractivity contribution in [2.24, 2.45) is 0 Å². The molecule has 2 aromatic carbocycles. The smallest absolute Gasteiger partial charge is 0.254 e. The molecule has 0 radical (unpaired) electrons. The van der Waals surface area contributed by atoms with E-state index in [4.69, 9.17) is 0 Å². The van der Waals surface area contributed by atoms with E-state index >= 15 is 0 Å². The zero-order chi connectivity index (χ0) is 17.2. The lowest BCUT2D eigenvalue weighted by Gasteiger charge is -2.34. The van der Waals surface area contributed by atoms with E-state index < -0.39 is 0 Å². The molecule has 1 aliphatic rings. The van der Waals surface area contributed by atoms with Crippen LogP contribution in [0.3, 0.4) is 0 Å². The molecule has 0 aliphatic carbocycles. The maximum Gasteiger partial charge on any atom is 0.254 e. The summed E-state index contributed by atoms with van der Waals surface area (Å²) in [6.07, 6.45) is 1.88. The van der Waals surface area contributed by atoms with E-state index in [0.717, 1.165) is 24.0 Å². The number of halogens is 1. The Morgan fingerprint density at radius 1 is 1.04 bits per heavy atom. The molecule has 1 amide bonds. The van der Waals surface area contributed by atoms with Crippen molar-refractivity contribution < 1.29 is 9.18 Å². The first-order valence-corrected chi connectivity index (χ1v) is 8.53. The zero-order valence-corrected chi connectivity index (χ0v) is 13.9. The third kappa shape index (κ3) is 3.28. The summed E-state index contributed by atoms with van der Waals surface area (Å²) < 4.78 is 13.8. The van der Waals surface area contributed by atoms with Crippen LogP contribution in [0, 0.1) is 5.82 Å². The number of fused-ring (bicyclic) bond motifs is 1. The number of nitrogens with one attached hydrogen (secondary N) is 1. The molecule has 128 valence electrons. The molecule has 3 aromatic rings. The normalized spacial score (nSPS) is 15.6. The van der Waals surface area contributed by atoms with Gasteiger partial charge in [-0.25, -0.2) is 4.39 Å². The Morgan fingerprint density at radius 2 is 1.84 bits per heavy atom. The number of aromatic amines is 1. The highest BCUT2D eigenvalue weighted by molar-refractivity contribution is 5.98. The predicted molar refractivity (Wildman–Crippen MR) is 95.9 cm³/mol. The number of hydrogen-bond acceptors (Lipinski definition) is 2. The van der Waals surface area contributed by atoms with Gasteiger partial charge in [0.05, 0.1) is 0 Å². The van der Waals surface area contributed by atoms with Gasteiger partial charge in [0, 0.05) is 55.6 Å². The molecule has 0 unspecified atom stereocenters. The fraction of sp³-hybridized carbons (Fsp3) is 0.250. The first kappa shape index (κ1) is 15.8. The Morgan fingerprint density at radius 3 is 2.64 bits per heavy atom. The van der Waals surface area contributed by atoms with E-state index in [2.05, 4.69) is 9.88 Å².